The van der Waals surface area contributed by atoms with E-state index < -0.39 is 23.2 Å². The topological polar surface area (TPSA) is 108 Å². The maximum absolute atomic E-state index is 12.8. The van der Waals surface area contributed by atoms with Gasteiger partial charge in [0.25, 0.3) is 0 Å². The highest BCUT2D eigenvalue weighted by Crippen LogP contribution is 2.24. The highest BCUT2D eigenvalue weighted by molar-refractivity contribution is 6.15. The van der Waals surface area contributed by atoms with E-state index in [1.807, 2.05) is 6.07 Å². The monoisotopic (exact) mass is 379 g/mol. The van der Waals surface area contributed by atoms with Crippen LogP contribution < -0.4 is 10.6 Å². The zero-order valence-electron chi connectivity index (χ0n) is 15.9. The summed E-state index contributed by atoms with van der Waals surface area (Å²) in [4.78, 5) is 37.5. The molecule has 0 heterocycles. The molecule has 7 heteroatoms. The molecule has 0 saturated carbocycles. The number of ether oxygens (including phenoxy) is 1. The molecule has 2 rings (SSSR count). The van der Waals surface area contributed by atoms with Crippen molar-refractivity contribution < 1.29 is 19.1 Å². The minimum Gasteiger partial charge on any atom is -0.462 e. The summed E-state index contributed by atoms with van der Waals surface area (Å²) < 4.78 is 4.99. The SMILES string of the molecule is CCOC(=O)c1ccccc1NC(=O)C(C)(C)C(=O)Nc1ccccc1C#N. The number of para-hydroxylation sites is 2. The van der Waals surface area contributed by atoms with E-state index in [9.17, 15) is 14.4 Å². The molecule has 7 nitrogen and oxygen atoms in total. The van der Waals surface area contributed by atoms with Gasteiger partial charge in [0.2, 0.25) is 11.8 Å². The lowest BCUT2D eigenvalue weighted by molar-refractivity contribution is -0.135. The molecule has 0 atom stereocenters. The number of benzene rings is 2. The fraction of sp³-hybridized carbons (Fsp3) is 0.238. The molecule has 2 aromatic carbocycles. The Hall–Kier alpha value is -3.66. The standard InChI is InChI=1S/C21H21N3O4/c1-4-28-18(25)15-10-6-8-12-17(15)24-20(27)21(2,3)19(26)23-16-11-7-5-9-14(16)13-22/h5-12H,4H2,1-3H3,(H,23,26)(H,24,27). The van der Waals surface area contributed by atoms with Crippen molar-refractivity contribution in [3.63, 3.8) is 0 Å². The van der Waals surface area contributed by atoms with Gasteiger partial charge in [-0.2, -0.15) is 5.26 Å². The first kappa shape index (κ1) is 20.6. The van der Waals surface area contributed by atoms with Crippen LogP contribution in [0.4, 0.5) is 11.4 Å². The van der Waals surface area contributed by atoms with Crippen molar-refractivity contribution in [2.45, 2.75) is 20.8 Å². The van der Waals surface area contributed by atoms with Gasteiger partial charge in [0.1, 0.15) is 11.5 Å². The molecule has 0 aromatic heterocycles. The van der Waals surface area contributed by atoms with E-state index in [2.05, 4.69) is 10.6 Å². The number of amides is 2. The summed E-state index contributed by atoms with van der Waals surface area (Å²) in [6.45, 7) is 4.80. The maximum atomic E-state index is 12.8. The summed E-state index contributed by atoms with van der Waals surface area (Å²) in [7, 11) is 0. The third kappa shape index (κ3) is 4.54. The predicted molar refractivity (Wildman–Crippen MR) is 105 cm³/mol. The Balaban J connectivity index is 2.20. The first-order valence-electron chi connectivity index (χ1n) is 8.69. The number of hydrogen-bond acceptors (Lipinski definition) is 5. The van der Waals surface area contributed by atoms with Gasteiger partial charge < -0.3 is 15.4 Å². The molecule has 0 aliphatic heterocycles. The van der Waals surface area contributed by atoms with Gasteiger partial charge in [0, 0.05) is 0 Å². The first-order valence-corrected chi connectivity index (χ1v) is 8.69. The molecule has 0 unspecified atom stereocenters. The van der Waals surface area contributed by atoms with E-state index in [4.69, 9.17) is 10.00 Å². The van der Waals surface area contributed by atoms with Gasteiger partial charge in [-0.15, -0.1) is 0 Å². The van der Waals surface area contributed by atoms with Crippen LogP contribution in [0.15, 0.2) is 48.5 Å². The minimum atomic E-state index is -1.47. The summed E-state index contributed by atoms with van der Waals surface area (Å²) in [6.07, 6.45) is 0. The Labute approximate surface area is 163 Å². The van der Waals surface area contributed by atoms with Gasteiger partial charge in [0.15, 0.2) is 0 Å². The lowest BCUT2D eigenvalue weighted by Gasteiger charge is -2.23. The molecule has 2 aromatic rings. The predicted octanol–water partition coefficient (Wildman–Crippen LogP) is 3.34. The molecule has 0 spiro atoms. The second-order valence-corrected chi connectivity index (χ2v) is 6.46. The van der Waals surface area contributed by atoms with Gasteiger partial charge in [-0.1, -0.05) is 24.3 Å². The van der Waals surface area contributed by atoms with Gasteiger partial charge in [-0.25, -0.2) is 4.79 Å². The van der Waals surface area contributed by atoms with Gasteiger partial charge in [-0.3, -0.25) is 9.59 Å². The Morgan fingerprint density at radius 1 is 0.964 bits per heavy atom. The van der Waals surface area contributed by atoms with Crippen LogP contribution in [0.2, 0.25) is 0 Å². The zero-order chi connectivity index (χ0) is 20.7. The molecule has 2 N–H and O–H groups in total. The number of esters is 1. The quantitative estimate of drug-likeness (QED) is 0.591. The number of hydrogen-bond donors (Lipinski definition) is 2. The third-order valence-electron chi connectivity index (χ3n) is 4.10. The molecule has 28 heavy (non-hydrogen) atoms. The summed E-state index contributed by atoms with van der Waals surface area (Å²) in [5.41, 5.74) is -0.403. The molecular formula is C21H21N3O4. The van der Waals surface area contributed by atoms with E-state index in [1.54, 1.807) is 49.4 Å². The maximum Gasteiger partial charge on any atom is 0.340 e. The number of nitriles is 1. The van der Waals surface area contributed by atoms with E-state index >= 15 is 0 Å². The van der Waals surface area contributed by atoms with Crippen LogP contribution in [0.3, 0.4) is 0 Å². The zero-order valence-corrected chi connectivity index (χ0v) is 15.9. The molecule has 0 bridgehead atoms. The average Bonchev–Trinajstić information content (AvgIpc) is 2.68. The fourth-order valence-electron chi connectivity index (χ4n) is 2.33. The van der Waals surface area contributed by atoms with Crippen LogP contribution in [0.25, 0.3) is 0 Å². The lowest BCUT2D eigenvalue weighted by atomic mass is 9.90. The largest absolute Gasteiger partial charge is 0.462 e. The van der Waals surface area contributed by atoms with Gasteiger partial charge in [0.05, 0.1) is 29.1 Å². The Morgan fingerprint density at radius 3 is 2.11 bits per heavy atom. The molecule has 144 valence electrons. The third-order valence-corrected chi connectivity index (χ3v) is 4.10. The van der Waals surface area contributed by atoms with Crippen molar-refractivity contribution >= 4 is 29.2 Å². The molecule has 2 amide bonds. The molecular weight excluding hydrogens is 358 g/mol. The molecule has 0 aliphatic carbocycles. The van der Waals surface area contributed by atoms with Crippen LogP contribution in [-0.4, -0.2) is 24.4 Å². The van der Waals surface area contributed by atoms with Crippen molar-refractivity contribution in [1.29, 1.82) is 5.26 Å². The lowest BCUT2D eigenvalue weighted by Crippen LogP contribution is -2.42. The second kappa shape index (κ2) is 8.82. The molecule has 0 aliphatic rings. The number of nitrogens with zero attached hydrogens (tertiary/aromatic N) is 1. The van der Waals surface area contributed by atoms with Crippen LogP contribution in [0, 0.1) is 16.7 Å². The van der Waals surface area contributed by atoms with Crippen molar-refractivity contribution in [2.75, 3.05) is 17.2 Å². The average molecular weight is 379 g/mol. The van der Waals surface area contributed by atoms with Gasteiger partial charge >= 0.3 is 5.97 Å². The van der Waals surface area contributed by atoms with Gasteiger partial charge in [-0.05, 0) is 45.0 Å². The Morgan fingerprint density at radius 2 is 1.50 bits per heavy atom. The summed E-state index contributed by atoms with van der Waals surface area (Å²) in [6, 6.07) is 14.9. The van der Waals surface area contributed by atoms with Crippen LogP contribution in [0.1, 0.15) is 36.7 Å². The normalized spacial score (nSPS) is 10.5. The summed E-state index contributed by atoms with van der Waals surface area (Å²) in [5, 5.41) is 14.4. The minimum absolute atomic E-state index is 0.198. The van der Waals surface area contributed by atoms with Crippen molar-refractivity contribution in [3.8, 4) is 6.07 Å². The molecule has 0 radical (unpaired) electrons. The van der Waals surface area contributed by atoms with Crippen LogP contribution in [0.5, 0.6) is 0 Å². The second-order valence-electron chi connectivity index (χ2n) is 6.46. The van der Waals surface area contributed by atoms with Crippen molar-refractivity contribution in [2.24, 2.45) is 5.41 Å². The van der Waals surface area contributed by atoms with E-state index in [-0.39, 0.29) is 17.9 Å². The number of carbonyl (C=O) groups is 3. The molecule has 0 fully saturated rings. The smallest absolute Gasteiger partial charge is 0.340 e. The Kier molecular flexibility index (Phi) is 6.51. The van der Waals surface area contributed by atoms with E-state index in [0.717, 1.165) is 0 Å². The fourth-order valence-corrected chi connectivity index (χ4v) is 2.33. The number of nitrogens with one attached hydrogen (secondary N) is 2. The van der Waals surface area contributed by atoms with Crippen molar-refractivity contribution in [3.05, 3.63) is 59.7 Å². The van der Waals surface area contributed by atoms with E-state index in [1.165, 1.54) is 19.9 Å². The number of rotatable bonds is 6. The first-order chi connectivity index (χ1) is 13.3. The van der Waals surface area contributed by atoms with E-state index in [0.29, 0.717) is 11.3 Å². The summed E-state index contributed by atoms with van der Waals surface area (Å²) in [5.74, 6) is -1.75. The number of anilines is 2. The molecule has 0 saturated heterocycles. The van der Waals surface area contributed by atoms with Crippen molar-refractivity contribution in [1.82, 2.24) is 0 Å². The Bertz CT molecular complexity index is 945. The number of carbonyl (C=O) groups excluding carboxylic acids is 3. The highest BCUT2D eigenvalue weighted by atomic mass is 16.5. The highest BCUT2D eigenvalue weighted by Gasteiger charge is 2.37. The van der Waals surface area contributed by atoms with Crippen LogP contribution in [-0.2, 0) is 14.3 Å². The van der Waals surface area contributed by atoms with Crippen LogP contribution >= 0.6 is 0 Å². The summed E-state index contributed by atoms with van der Waals surface area (Å²) >= 11 is 0.